The highest BCUT2D eigenvalue weighted by Gasteiger charge is 2.28. The van der Waals surface area contributed by atoms with Crippen molar-refractivity contribution in [2.24, 2.45) is 5.92 Å². The number of hydrogen-bond acceptors (Lipinski definition) is 7. The molecule has 1 aromatic heterocycles. The number of amides is 1. The van der Waals surface area contributed by atoms with Crippen molar-refractivity contribution >= 4 is 28.6 Å². The Hall–Kier alpha value is -2.97. The number of non-ortho nitro benzene ring substituents is 1. The summed E-state index contributed by atoms with van der Waals surface area (Å²) in [7, 11) is 1.94. The first-order valence-corrected chi connectivity index (χ1v) is 9.72. The molecular formula is C20H27N5O4. The monoisotopic (exact) mass is 401 g/mol. The van der Waals surface area contributed by atoms with Crippen molar-refractivity contribution in [2.45, 2.75) is 39.2 Å². The zero-order valence-corrected chi connectivity index (χ0v) is 17.3. The van der Waals surface area contributed by atoms with Gasteiger partial charge in [-0.3, -0.25) is 15.1 Å². The Morgan fingerprint density at radius 3 is 2.83 bits per heavy atom. The molecule has 1 aliphatic heterocycles. The maximum absolute atomic E-state index is 12.4. The summed E-state index contributed by atoms with van der Waals surface area (Å²) in [5.41, 5.74) is 0.595. The van der Waals surface area contributed by atoms with Gasteiger partial charge in [-0.25, -0.2) is 9.78 Å². The number of hydrogen-bond donors (Lipinski definition) is 0. The van der Waals surface area contributed by atoms with Gasteiger partial charge in [-0.15, -0.1) is 0 Å². The second kappa shape index (κ2) is 8.18. The lowest BCUT2D eigenvalue weighted by molar-refractivity contribution is -0.384. The Kier molecular flexibility index (Phi) is 5.86. The molecule has 9 nitrogen and oxygen atoms in total. The van der Waals surface area contributed by atoms with E-state index in [1.54, 1.807) is 17.2 Å². The first-order chi connectivity index (χ1) is 13.6. The van der Waals surface area contributed by atoms with E-state index >= 15 is 0 Å². The number of rotatable bonds is 4. The van der Waals surface area contributed by atoms with Gasteiger partial charge in [-0.1, -0.05) is 0 Å². The van der Waals surface area contributed by atoms with E-state index in [4.69, 9.17) is 4.74 Å². The molecule has 9 heteroatoms. The maximum atomic E-state index is 12.4. The first kappa shape index (κ1) is 20.8. The number of nitro groups is 1. The molecule has 0 saturated carbocycles. The second-order valence-electron chi connectivity index (χ2n) is 8.47. The fourth-order valence-corrected chi connectivity index (χ4v) is 3.47. The number of aromatic nitrogens is 2. The van der Waals surface area contributed by atoms with Gasteiger partial charge in [0.1, 0.15) is 11.4 Å². The van der Waals surface area contributed by atoms with Crippen LogP contribution < -0.4 is 4.90 Å². The minimum atomic E-state index is -0.503. The third-order valence-electron chi connectivity index (χ3n) is 4.82. The van der Waals surface area contributed by atoms with Crippen molar-refractivity contribution in [3.05, 3.63) is 34.5 Å². The fraction of sp³-hybridized carbons (Fsp3) is 0.550. The van der Waals surface area contributed by atoms with Crippen LogP contribution >= 0.6 is 0 Å². The number of anilines is 1. The van der Waals surface area contributed by atoms with Crippen LogP contribution in [0.15, 0.2) is 24.4 Å². The highest BCUT2D eigenvalue weighted by molar-refractivity contribution is 5.78. The molecular weight excluding hydrogens is 374 g/mol. The summed E-state index contributed by atoms with van der Waals surface area (Å²) in [6, 6.07) is 4.47. The van der Waals surface area contributed by atoms with Gasteiger partial charge in [0.25, 0.3) is 5.69 Å². The molecule has 156 valence electrons. The summed E-state index contributed by atoms with van der Waals surface area (Å²) in [5, 5.41) is 10.9. The summed E-state index contributed by atoms with van der Waals surface area (Å²) in [4.78, 5) is 35.5. The Morgan fingerprint density at radius 2 is 2.14 bits per heavy atom. The number of nitro benzene ring substituents is 1. The van der Waals surface area contributed by atoms with Crippen LogP contribution in [-0.4, -0.2) is 58.2 Å². The molecule has 0 aliphatic carbocycles. The van der Waals surface area contributed by atoms with Crippen LogP contribution in [0.25, 0.3) is 11.0 Å². The lowest BCUT2D eigenvalue weighted by atomic mass is 9.98. The van der Waals surface area contributed by atoms with Crippen molar-refractivity contribution in [1.29, 1.82) is 0 Å². The minimum absolute atomic E-state index is 0.00246. The lowest BCUT2D eigenvalue weighted by Crippen LogP contribution is -2.45. The molecule has 2 aromatic rings. The van der Waals surface area contributed by atoms with E-state index in [1.807, 2.05) is 32.7 Å². The lowest BCUT2D eigenvalue weighted by Gasteiger charge is -2.35. The van der Waals surface area contributed by atoms with Gasteiger partial charge in [0, 0.05) is 38.8 Å². The molecule has 3 rings (SSSR count). The predicted octanol–water partition coefficient (Wildman–Crippen LogP) is 3.62. The first-order valence-electron chi connectivity index (χ1n) is 9.72. The molecule has 0 unspecified atom stereocenters. The number of benzene rings is 1. The molecule has 0 bridgehead atoms. The number of piperidine rings is 1. The highest BCUT2D eigenvalue weighted by atomic mass is 16.6. The molecule has 2 heterocycles. The largest absolute Gasteiger partial charge is 0.444 e. The molecule has 0 radical (unpaired) electrons. The van der Waals surface area contributed by atoms with E-state index in [0.29, 0.717) is 35.9 Å². The molecule has 1 aliphatic rings. The van der Waals surface area contributed by atoms with Gasteiger partial charge in [0.05, 0.1) is 22.2 Å². The van der Waals surface area contributed by atoms with Crippen LogP contribution in [0.4, 0.5) is 16.3 Å². The molecule has 29 heavy (non-hydrogen) atoms. The van der Waals surface area contributed by atoms with Crippen LogP contribution in [-0.2, 0) is 4.74 Å². The SMILES string of the molecule is CN(C[C@H]1CCCN(C(=O)OC(C)(C)C)C1)c1cnc2cc([N+](=O)[O-])ccc2n1. The van der Waals surface area contributed by atoms with Crippen molar-refractivity contribution in [1.82, 2.24) is 14.9 Å². The molecule has 1 amide bonds. The summed E-state index contributed by atoms with van der Waals surface area (Å²) in [6.07, 6.45) is 3.32. The third-order valence-corrected chi connectivity index (χ3v) is 4.82. The van der Waals surface area contributed by atoms with Gasteiger partial charge >= 0.3 is 6.09 Å². The van der Waals surface area contributed by atoms with Crippen molar-refractivity contribution in [2.75, 3.05) is 31.6 Å². The van der Waals surface area contributed by atoms with Crippen molar-refractivity contribution in [3.8, 4) is 0 Å². The fourth-order valence-electron chi connectivity index (χ4n) is 3.47. The minimum Gasteiger partial charge on any atom is -0.444 e. The molecule has 0 N–H and O–H groups in total. The maximum Gasteiger partial charge on any atom is 0.410 e. The Labute approximate surface area is 169 Å². The highest BCUT2D eigenvalue weighted by Crippen LogP contribution is 2.23. The number of likely N-dealkylation sites (tertiary alicyclic amines) is 1. The zero-order chi connectivity index (χ0) is 21.2. The van der Waals surface area contributed by atoms with E-state index in [2.05, 4.69) is 9.97 Å². The van der Waals surface area contributed by atoms with E-state index in [-0.39, 0.29) is 11.8 Å². The Bertz CT molecular complexity index is 911. The third kappa shape index (κ3) is 5.30. The van der Waals surface area contributed by atoms with E-state index < -0.39 is 10.5 Å². The number of fused-ring (bicyclic) bond motifs is 1. The van der Waals surface area contributed by atoms with Crippen LogP contribution in [0.5, 0.6) is 0 Å². The van der Waals surface area contributed by atoms with Crippen LogP contribution in [0.3, 0.4) is 0 Å². The number of carbonyl (C=O) groups excluding carboxylic acids is 1. The van der Waals surface area contributed by atoms with Crippen molar-refractivity contribution in [3.63, 3.8) is 0 Å². The van der Waals surface area contributed by atoms with Crippen molar-refractivity contribution < 1.29 is 14.5 Å². The molecule has 1 saturated heterocycles. The quantitative estimate of drug-likeness (QED) is 0.569. The van der Waals surface area contributed by atoms with Gasteiger partial charge in [-0.2, -0.15) is 0 Å². The Morgan fingerprint density at radius 1 is 1.38 bits per heavy atom. The number of carbonyl (C=O) groups is 1. The van der Waals surface area contributed by atoms with E-state index in [0.717, 1.165) is 19.4 Å². The van der Waals surface area contributed by atoms with E-state index in [9.17, 15) is 14.9 Å². The second-order valence-corrected chi connectivity index (χ2v) is 8.47. The molecule has 1 fully saturated rings. The van der Waals surface area contributed by atoms with Crippen LogP contribution in [0.2, 0.25) is 0 Å². The van der Waals surface area contributed by atoms with Gasteiger partial charge < -0.3 is 14.5 Å². The van der Waals surface area contributed by atoms with Crippen LogP contribution in [0, 0.1) is 16.0 Å². The normalized spacial score (nSPS) is 17.2. The summed E-state index contributed by atoms with van der Waals surface area (Å²) >= 11 is 0. The standard InChI is InChI=1S/C20H27N5O4/c1-20(2,3)29-19(26)24-9-5-6-14(13-24)12-23(4)18-11-21-17-10-15(25(27)28)7-8-16(17)22-18/h7-8,10-11,14H,5-6,9,12-13H2,1-4H3/t14-/m1/s1. The molecule has 1 atom stereocenters. The zero-order valence-electron chi connectivity index (χ0n) is 17.3. The molecule has 1 aromatic carbocycles. The number of nitrogens with zero attached hydrogens (tertiary/aromatic N) is 5. The Balaban J connectivity index is 1.66. The predicted molar refractivity (Wildman–Crippen MR) is 110 cm³/mol. The summed E-state index contributed by atoms with van der Waals surface area (Å²) < 4.78 is 5.49. The molecule has 0 spiro atoms. The summed E-state index contributed by atoms with van der Waals surface area (Å²) in [5.74, 6) is 0.997. The average Bonchev–Trinajstić information content (AvgIpc) is 2.66. The smallest absolute Gasteiger partial charge is 0.410 e. The van der Waals surface area contributed by atoms with Gasteiger partial charge in [0.15, 0.2) is 0 Å². The summed E-state index contributed by atoms with van der Waals surface area (Å²) in [6.45, 7) is 7.69. The van der Waals surface area contributed by atoms with Crippen LogP contribution in [0.1, 0.15) is 33.6 Å². The van der Waals surface area contributed by atoms with E-state index in [1.165, 1.54) is 12.1 Å². The number of ether oxygens (including phenoxy) is 1. The van der Waals surface area contributed by atoms with Gasteiger partial charge in [-0.05, 0) is 45.6 Å². The topological polar surface area (TPSA) is 102 Å². The average molecular weight is 401 g/mol. The van der Waals surface area contributed by atoms with Gasteiger partial charge in [0.2, 0.25) is 0 Å².